The quantitative estimate of drug-likeness (QED) is 0.713. The number of hydrogen-bond acceptors (Lipinski definition) is 6. The molecule has 1 saturated heterocycles. The molecule has 4 rings (SSSR count). The van der Waals surface area contributed by atoms with Crippen molar-refractivity contribution in [3.63, 3.8) is 0 Å². The predicted molar refractivity (Wildman–Crippen MR) is 89.3 cm³/mol. The second-order valence-electron chi connectivity index (χ2n) is 6.28. The Morgan fingerprint density at radius 2 is 2.04 bits per heavy atom. The van der Waals surface area contributed by atoms with Crippen molar-refractivity contribution in [2.24, 2.45) is 0 Å². The number of amides is 1. The van der Waals surface area contributed by atoms with E-state index < -0.39 is 6.10 Å². The highest BCUT2D eigenvalue weighted by atomic mass is 16.5. The highest BCUT2D eigenvalue weighted by Crippen LogP contribution is 2.30. The van der Waals surface area contributed by atoms with Gasteiger partial charge in [-0.2, -0.15) is 0 Å². The first-order valence-corrected chi connectivity index (χ1v) is 8.24. The Bertz CT molecular complexity index is 943. The smallest absolute Gasteiger partial charge is 0.290 e. The van der Waals surface area contributed by atoms with Gasteiger partial charge in [0.1, 0.15) is 5.58 Å². The van der Waals surface area contributed by atoms with Gasteiger partial charge in [0.05, 0.1) is 13.2 Å². The summed E-state index contributed by atoms with van der Waals surface area (Å²) in [5.74, 6) is 1.11. The van der Waals surface area contributed by atoms with Crippen molar-refractivity contribution >= 4 is 16.9 Å². The molecule has 3 aromatic rings. The van der Waals surface area contributed by atoms with Gasteiger partial charge < -0.3 is 18.5 Å². The van der Waals surface area contributed by atoms with Crippen molar-refractivity contribution < 1.29 is 18.4 Å². The Hall–Kier alpha value is -2.67. The lowest BCUT2D eigenvalue weighted by Crippen LogP contribution is -2.42. The Kier molecular flexibility index (Phi) is 3.80. The lowest BCUT2D eigenvalue weighted by Gasteiger charge is -2.30. The van der Waals surface area contributed by atoms with Crippen molar-refractivity contribution in [2.75, 3.05) is 19.7 Å². The third-order valence-corrected chi connectivity index (χ3v) is 4.53. The van der Waals surface area contributed by atoms with Crippen LogP contribution in [-0.2, 0) is 4.74 Å². The number of furan rings is 1. The maximum atomic E-state index is 13.0. The van der Waals surface area contributed by atoms with Gasteiger partial charge >= 0.3 is 0 Å². The van der Waals surface area contributed by atoms with Gasteiger partial charge in [0.2, 0.25) is 11.8 Å². The second kappa shape index (κ2) is 6.00. The van der Waals surface area contributed by atoms with Gasteiger partial charge in [0.15, 0.2) is 11.9 Å². The normalized spacial score (nSPS) is 18.0. The van der Waals surface area contributed by atoms with E-state index in [1.165, 1.54) is 0 Å². The first kappa shape index (κ1) is 15.8. The number of benzene rings is 1. The fourth-order valence-electron chi connectivity index (χ4n) is 3.16. The summed E-state index contributed by atoms with van der Waals surface area (Å²) in [7, 11) is 0. The SMILES string of the molecule is Cc1nnc([C@@H]2CN(C(=O)c3oc4c(C)cccc4c3C)CCO2)o1. The van der Waals surface area contributed by atoms with Crippen molar-refractivity contribution in [2.45, 2.75) is 26.9 Å². The average molecular weight is 341 g/mol. The molecule has 2 aromatic heterocycles. The number of aryl methyl sites for hydroxylation is 3. The van der Waals surface area contributed by atoms with Crippen LogP contribution in [0.5, 0.6) is 0 Å². The number of fused-ring (bicyclic) bond motifs is 1. The molecule has 1 amide bonds. The van der Waals surface area contributed by atoms with E-state index >= 15 is 0 Å². The van der Waals surface area contributed by atoms with Crippen LogP contribution in [0.25, 0.3) is 11.0 Å². The topological polar surface area (TPSA) is 81.6 Å². The van der Waals surface area contributed by atoms with Gasteiger partial charge in [-0.3, -0.25) is 4.79 Å². The van der Waals surface area contributed by atoms with Gasteiger partial charge in [0, 0.05) is 24.4 Å². The van der Waals surface area contributed by atoms with E-state index in [1.807, 2.05) is 32.0 Å². The molecule has 1 aromatic carbocycles. The molecule has 1 atom stereocenters. The predicted octanol–water partition coefficient (Wildman–Crippen LogP) is 2.95. The minimum atomic E-state index is -0.412. The third kappa shape index (κ3) is 2.70. The molecule has 130 valence electrons. The van der Waals surface area contributed by atoms with Crippen LogP contribution in [0.3, 0.4) is 0 Å². The molecule has 0 spiro atoms. The van der Waals surface area contributed by atoms with Gasteiger partial charge in [-0.05, 0) is 19.4 Å². The molecular formula is C18H19N3O4. The number of morpholine rings is 1. The fraction of sp³-hybridized carbons (Fsp3) is 0.389. The van der Waals surface area contributed by atoms with Gasteiger partial charge in [-0.25, -0.2) is 0 Å². The highest BCUT2D eigenvalue weighted by molar-refractivity contribution is 5.99. The molecule has 1 aliphatic heterocycles. The largest absolute Gasteiger partial charge is 0.450 e. The summed E-state index contributed by atoms with van der Waals surface area (Å²) in [5, 5.41) is 8.79. The first-order chi connectivity index (χ1) is 12.0. The van der Waals surface area contributed by atoms with Crippen molar-refractivity contribution in [3.8, 4) is 0 Å². The van der Waals surface area contributed by atoms with Gasteiger partial charge in [-0.15, -0.1) is 10.2 Å². The van der Waals surface area contributed by atoms with Crippen LogP contribution in [0.2, 0.25) is 0 Å². The molecule has 0 N–H and O–H groups in total. The molecule has 1 aliphatic rings. The molecule has 1 fully saturated rings. The number of carbonyl (C=O) groups excluding carboxylic acids is 1. The minimum absolute atomic E-state index is 0.141. The lowest BCUT2D eigenvalue weighted by molar-refractivity contribution is -0.0357. The summed E-state index contributed by atoms with van der Waals surface area (Å²) < 4.78 is 17.0. The van der Waals surface area contributed by atoms with Crippen LogP contribution in [0.15, 0.2) is 27.0 Å². The summed E-state index contributed by atoms with van der Waals surface area (Å²) in [4.78, 5) is 14.7. The van der Waals surface area contributed by atoms with E-state index in [-0.39, 0.29) is 5.91 Å². The number of ether oxygens (including phenoxy) is 1. The van der Waals surface area contributed by atoms with E-state index in [0.717, 1.165) is 22.1 Å². The zero-order valence-corrected chi connectivity index (χ0v) is 14.4. The summed E-state index contributed by atoms with van der Waals surface area (Å²) in [5.41, 5.74) is 2.64. The van der Waals surface area contributed by atoms with Crippen LogP contribution in [0, 0.1) is 20.8 Å². The van der Waals surface area contributed by atoms with Crippen LogP contribution in [0.1, 0.15) is 39.6 Å². The van der Waals surface area contributed by atoms with Crippen molar-refractivity contribution in [1.82, 2.24) is 15.1 Å². The van der Waals surface area contributed by atoms with E-state index in [4.69, 9.17) is 13.6 Å². The second-order valence-corrected chi connectivity index (χ2v) is 6.28. The number of aromatic nitrogens is 2. The molecule has 7 heteroatoms. The van der Waals surface area contributed by atoms with E-state index in [2.05, 4.69) is 10.2 Å². The van der Waals surface area contributed by atoms with Crippen LogP contribution >= 0.6 is 0 Å². The van der Waals surface area contributed by atoms with Crippen LogP contribution in [0.4, 0.5) is 0 Å². The Labute approximate surface area is 144 Å². The Morgan fingerprint density at radius 3 is 2.76 bits per heavy atom. The van der Waals surface area contributed by atoms with E-state index in [9.17, 15) is 4.79 Å². The Balaban J connectivity index is 1.62. The maximum Gasteiger partial charge on any atom is 0.290 e. The highest BCUT2D eigenvalue weighted by Gasteiger charge is 2.32. The number of para-hydroxylation sites is 1. The fourth-order valence-corrected chi connectivity index (χ4v) is 3.16. The standard InChI is InChI=1S/C18H19N3O4/c1-10-5-4-6-13-11(2)16(25-15(10)13)18(22)21-7-8-23-14(9-21)17-20-19-12(3)24-17/h4-6,14H,7-9H2,1-3H3/t14-/m0/s1. The Morgan fingerprint density at radius 1 is 1.20 bits per heavy atom. The average Bonchev–Trinajstić information content (AvgIpc) is 3.20. The molecule has 0 aliphatic carbocycles. The summed E-state index contributed by atoms with van der Waals surface area (Å²) in [6, 6.07) is 5.92. The maximum absolute atomic E-state index is 13.0. The third-order valence-electron chi connectivity index (χ3n) is 4.53. The zero-order valence-electron chi connectivity index (χ0n) is 14.4. The number of rotatable bonds is 2. The summed E-state index contributed by atoms with van der Waals surface area (Å²) >= 11 is 0. The van der Waals surface area contributed by atoms with Gasteiger partial charge in [-0.1, -0.05) is 18.2 Å². The monoisotopic (exact) mass is 341 g/mol. The lowest BCUT2D eigenvalue weighted by atomic mass is 10.1. The van der Waals surface area contributed by atoms with Crippen molar-refractivity contribution in [1.29, 1.82) is 0 Å². The number of hydrogen-bond donors (Lipinski definition) is 0. The summed E-state index contributed by atoms with van der Waals surface area (Å²) in [6.07, 6.45) is -0.412. The molecule has 3 heterocycles. The van der Waals surface area contributed by atoms with Crippen LogP contribution in [-0.4, -0.2) is 40.7 Å². The molecule has 0 saturated carbocycles. The number of carbonyl (C=O) groups is 1. The molecule has 25 heavy (non-hydrogen) atoms. The van der Waals surface area contributed by atoms with E-state index in [1.54, 1.807) is 11.8 Å². The molecule has 0 bridgehead atoms. The van der Waals surface area contributed by atoms with Crippen molar-refractivity contribution in [3.05, 3.63) is 46.9 Å². The summed E-state index contributed by atoms with van der Waals surface area (Å²) in [6.45, 7) is 6.88. The first-order valence-electron chi connectivity index (χ1n) is 8.24. The molecule has 0 radical (unpaired) electrons. The zero-order chi connectivity index (χ0) is 17.6. The molecular weight excluding hydrogens is 322 g/mol. The van der Waals surface area contributed by atoms with Crippen LogP contribution < -0.4 is 0 Å². The molecule has 7 nitrogen and oxygen atoms in total. The van der Waals surface area contributed by atoms with E-state index in [0.29, 0.717) is 37.2 Å². The van der Waals surface area contributed by atoms with Gasteiger partial charge in [0.25, 0.3) is 5.91 Å². The number of nitrogens with zero attached hydrogens (tertiary/aromatic N) is 3. The molecule has 0 unspecified atom stereocenters. The minimum Gasteiger partial charge on any atom is -0.450 e.